The summed E-state index contributed by atoms with van der Waals surface area (Å²) in [4.78, 5) is 47.6. The van der Waals surface area contributed by atoms with Crippen molar-refractivity contribution in [3.05, 3.63) is 35.4 Å². The average molecular weight is 409 g/mol. The van der Waals surface area contributed by atoms with Crippen LogP contribution in [0.25, 0.3) is 0 Å². The Hall–Kier alpha value is -2.39. The van der Waals surface area contributed by atoms with E-state index >= 15 is 0 Å². The molecule has 1 saturated heterocycles. The summed E-state index contributed by atoms with van der Waals surface area (Å²) in [6.07, 6.45) is 2.33. The monoisotopic (exact) mass is 409 g/mol. The molecular weight excluding hydrogens is 386 g/mol. The molecule has 1 aromatic rings. The molecule has 1 aromatic carbocycles. The summed E-state index contributed by atoms with van der Waals surface area (Å²) < 4.78 is 15.3. The Morgan fingerprint density at radius 2 is 1.57 bits per heavy atom. The summed E-state index contributed by atoms with van der Waals surface area (Å²) in [7, 11) is 0. The first-order valence-corrected chi connectivity index (χ1v) is 10.2. The first-order valence-electron chi connectivity index (χ1n) is 8.83. The van der Waals surface area contributed by atoms with Gasteiger partial charge in [0.05, 0.1) is 31.1 Å². The van der Waals surface area contributed by atoms with E-state index in [4.69, 9.17) is 14.2 Å². The number of esters is 2. The molecule has 28 heavy (non-hydrogen) atoms. The highest BCUT2D eigenvalue weighted by atomic mass is 32.2. The number of likely N-dealkylation sites (tertiary alicyclic amines) is 1. The van der Waals surface area contributed by atoms with Gasteiger partial charge >= 0.3 is 11.9 Å². The molecule has 0 spiro atoms. The predicted octanol–water partition coefficient (Wildman–Crippen LogP) is 1.42. The van der Waals surface area contributed by atoms with Crippen molar-refractivity contribution in [1.82, 2.24) is 4.90 Å². The fourth-order valence-electron chi connectivity index (χ4n) is 2.48. The number of hydrogen-bond donors (Lipinski definition) is 0. The van der Waals surface area contributed by atoms with Crippen molar-refractivity contribution in [2.75, 3.05) is 38.4 Å². The molecule has 1 fully saturated rings. The number of benzene rings is 1. The number of thioether (sulfide) groups is 1. The normalized spacial score (nSPS) is 13.7. The zero-order valence-corrected chi connectivity index (χ0v) is 16.5. The van der Waals surface area contributed by atoms with E-state index in [-0.39, 0.29) is 63.6 Å². The Labute approximate surface area is 167 Å². The van der Waals surface area contributed by atoms with Crippen molar-refractivity contribution in [2.24, 2.45) is 0 Å². The molecule has 0 atom stereocenters. The van der Waals surface area contributed by atoms with Crippen molar-refractivity contribution in [3.63, 3.8) is 0 Å². The van der Waals surface area contributed by atoms with E-state index in [1.165, 1.54) is 16.7 Å². The molecule has 2 rings (SSSR count). The van der Waals surface area contributed by atoms with Crippen LogP contribution in [0.4, 0.5) is 0 Å². The standard InChI is InChI=1S/C19H23NO7S/c1-28-13-18(23)26-10-8-25-9-11-27-19(24)15-4-2-14(3-5-15)12-20-16(21)6-7-17(20)22/h2-5H,6-13H2,1H3. The quantitative estimate of drug-likeness (QED) is 0.307. The van der Waals surface area contributed by atoms with Gasteiger partial charge < -0.3 is 14.2 Å². The molecule has 1 aliphatic heterocycles. The number of hydrogen-bond acceptors (Lipinski definition) is 8. The molecule has 0 radical (unpaired) electrons. The zero-order valence-electron chi connectivity index (χ0n) is 15.7. The van der Waals surface area contributed by atoms with Crippen LogP contribution in [0.3, 0.4) is 0 Å². The minimum atomic E-state index is -0.491. The number of imide groups is 1. The molecule has 1 aliphatic rings. The van der Waals surface area contributed by atoms with E-state index in [0.717, 1.165) is 5.56 Å². The van der Waals surface area contributed by atoms with Crippen molar-refractivity contribution in [3.8, 4) is 0 Å². The van der Waals surface area contributed by atoms with Gasteiger partial charge in [-0.25, -0.2) is 4.79 Å². The molecule has 0 aromatic heterocycles. The third-order valence-electron chi connectivity index (χ3n) is 3.90. The Bertz CT molecular complexity index is 689. The highest BCUT2D eigenvalue weighted by Gasteiger charge is 2.28. The van der Waals surface area contributed by atoms with Gasteiger partial charge in [-0.3, -0.25) is 19.3 Å². The summed E-state index contributed by atoms with van der Waals surface area (Å²) in [5.41, 5.74) is 1.13. The fourth-order valence-corrected chi connectivity index (χ4v) is 2.80. The van der Waals surface area contributed by atoms with E-state index in [1.807, 2.05) is 6.26 Å². The summed E-state index contributed by atoms with van der Waals surface area (Å²) in [6, 6.07) is 6.56. The summed E-state index contributed by atoms with van der Waals surface area (Å²) >= 11 is 1.39. The van der Waals surface area contributed by atoms with Crippen LogP contribution in [0.1, 0.15) is 28.8 Å². The lowest BCUT2D eigenvalue weighted by Crippen LogP contribution is -2.28. The van der Waals surface area contributed by atoms with Gasteiger partial charge in [0.25, 0.3) is 0 Å². The largest absolute Gasteiger partial charge is 0.463 e. The highest BCUT2D eigenvalue weighted by molar-refractivity contribution is 7.99. The van der Waals surface area contributed by atoms with E-state index in [2.05, 4.69) is 0 Å². The molecule has 2 amide bonds. The Morgan fingerprint density at radius 3 is 2.18 bits per heavy atom. The van der Waals surface area contributed by atoms with Crippen molar-refractivity contribution in [1.29, 1.82) is 0 Å². The van der Waals surface area contributed by atoms with Crippen LogP contribution < -0.4 is 0 Å². The van der Waals surface area contributed by atoms with Crippen LogP contribution in [-0.2, 0) is 35.1 Å². The average Bonchev–Trinajstić information content (AvgIpc) is 3.00. The van der Waals surface area contributed by atoms with E-state index in [0.29, 0.717) is 11.3 Å². The van der Waals surface area contributed by atoms with Crippen LogP contribution in [0.5, 0.6) is 0 Å². The first kappa shape index (κ1) is 21.9. The molecule has 0 N–H and O–H groups in total. The summed E-state index contributed by atoms with van der Waals surface area (Å²) in [5.74, 6) is -0.819. The summed E-state index contributed by atoms with van der Waals surface area (Å²) in [5, 5.41) is 0. The molecule has 0 bridgehead atoms. The molecule has 0 unspecified atom stereocenters. The lowest BCUT2D eigenvalue weighted by Gasteiger charge is -2.13. The van der Waals surface area contributed by atoms with Crippen LogP contribution in [0.15, 0.2) is 24.3 Å². The van der Waals surface area contributed by atoms with Gasteiger partial charge in [0.1, 0.15) is 13.2 Å². The van der Waals surface area contributed by atoms with Gasteiger partial charge in [-0.2, -0.15) is 11.8 Å². The molecule has 0 aliphatic carbocycles. The first-order chi connectivity index (χ1) is 13.5. The van der Waals surface area contributed by atoms with Gasteiger partial charge in [0, 0.05) is 12.8 Å². The second kappa shape index (κ2) is 11.5. The minimum absolute atomic E-state index is 0.0795. The van der Waals surface area contributed by atoms with Gasteiger partial charge in [-0.1, -0.05) is 12.1 Å². The maximum atomic E-state index is 12.0. The second-order valence-electron chi connectivity index (χ2n) is 5.97. The van der Waals surface area contributed by atoms with Crippen LogP contribution in [0.2, 0.25) is 0 Å². The van der Waals surface area contributed by atoms with Crippen molar-refractivity contribution in [2.45, 2.75) is 19.4 Å². The Morgan fingerprint density at radius 1 is 0.964 bits per heavy atom. The van der Waals surface area contributed by atoms with E-state index < -0.39 is 5.97 Å². The molecule has 8 nitrogen and oxygen atoms in total. The number of ether oxygens (including phenoxy) is 3. The lowest BCUT2D eigenvalue weighted by atomic mass is 10.1. The molecular formula is C19H23NO7S. The van der Waals surface area contributed by atoms with Gasteiger partial charge in [-0.15, -0.1) is 0 Å². The summed E-state index contributed by atoms with van der Waals surface area (Å²) in [6.45, 7) is 0.888. The number of nitrogens with zero attached hydrogens (tertiary/aromatic N) is 1. The SMILES string of the molecule is CSCC(=O)OCCOCCOC(=O)c1ccc(CN2C(=O)CCC2=O)cc1. The highest BCUT2D eigenvalue weighted by Crippen LogP contribution is 2.16. The van der Waals surface area contributed by atoms with E-state index in [1.54, 1.807) is 24.3 Å². The number of rotatable bonds is 11. The Balaban J connectivity index is 1.64. The van der Waals surface area contributed by atoms with Crippen molar-refractivity contribution >= 4 is 35.5 Å². The van der Waals surface area contributed by atoms with Crippen molar-refractivity contribution < 1.29 is 33.4 Å². The van der Waals surface area contributed by atoms with Crippen LogP contribution >= 0.6 is 11.8 Å². The maximum absolute atomic E-state index is 12.0. The molecule has 9 heteroatoms. The van der Waals surface area contributed by atoms with Gasteiger partial charge in [0.15, 0.2) is 0 Å². The molecule has 0 saturated carbocycles. The maximum Gasteiger partial charge on any atom is 0.338 e. The van der Waals surface area contributed by atoms with E-state index in [9.17, 15) is 19.2 Å². The van der Waals surface area contributed by atoms with Crippen LogP contribution in [-0.4, -0.2) is 67.1 Å². The van der Waals surface area contributed by atoms with Gasteiger partial charge in [-0.05, 0) is 24.0 Å². The van der Waals surface area contributed by atoms with Gasteiger partial charge in [0.2, 0.25) is 11.8 Å². The predicted molar refractivity (Wildman–Crippen MR) is 102 cm³/mol. The smallest absolute Gasteiger partial charge is 0.338 e. The second-order valence-corrected chi connectivity index (χ2v) is 6.84. The topological polar surface area (TPSA) is 99.2 Å². The molecule has 152 valence electrons. The number of amides is 2. The minimum Gasteiger partial charge on any atom is -0.463 e. The van der Waals surface area contributed by atoms with Crippen LogP contribution in [0, 0.1) is 0 Å². The third kappa shape index (κ3) is 6.97. The zero-order chi connectivity index (χ0) is 20.4. The fraction of sp³-hybridized carbons (Fsp3) is 0.474. The molecule has 1 heterocycles. The number of carbonyl (C=O) groups excluding carboxylic acids is 4. The number of carbonyl (C=O) groups is 4. The Kier molecular flexibility index (Phi) is 8.96. The lowest BCUT2D eigenvalue weighted by molar-refractivity contribution is -0.142. The third-order valence-corrected chi connectivity index (χ3v) is 4.42.